The molecule has 2 fully saturated rings. The van der Waals surface area contributed by atoms with E-state index in [-0.39, 0.29) is 19.5 Å². The van der Waals surface area contributed by atoms with Crippen LogP contribution in [0.2, 0.25) is 0 Å². The molecule has 0 radical (unpaired) electrons. The maximum Gasteiger partial charge on any atom is 0.397 e. The summed E-state index contributed by atoms with van der Waals surface area (Å²) < 4.78 is 42.0. The maximum atomic E-state index is 14.0. The van der Waals surface area contributed by atoms with Crippen molar-refractivity contribution in [2.24, 2.45) is 15.8 Å². The normalized spacial score (nSPS) is 25.9. The first kappa shape index (κ1) is 19.2. The summed E-state index contributed by atoms with van der Waals surface area (Å²) in [5.74, 6) is -0.748. The minimum absolute atomic E-state index is 0.0774. The fourth-order valence-electron chi connectivity index (χ4n) is 4.39. The van der Waals surface area contributed by atoms with Crippen molar-refractivity contribution < 1.29 is 18.0 Å². The molecule has 1 aliphatic carbocycles. The molecule has 150 valence electrons. The van der Waals surface area contributed by atoms with Crippen LogP contribution >= 0.6 is 0 Å². The van der Waals surface area contributed by atoms with Gasteiger partial charge in [0, 0.05) is 44.5 Å². The van der Waals surface area contributed by atoms with Crippen LogP contribution < -0.4 is 4.90 Å². The molecule has 29 heavy (non-hydrogen) atoms. The lowest BCUT2D eigenvalue weighted by molar-refractivity contribution is -0.191. The van der Waals surface area contributed by atoms with Crippen molar-refractivity contribution in [3.63, 3.8) is 0 Å². The average Bonchev–Trinajstić information content (AvgIpc) is 3.23. The van der Waals surface area contributed by atoms with E-state index in [2.05, 4.69) is 16.0 Å². The van der Waals surface area contributed by atoms with Crippen molar-refractivity contribution in [2.75, 3.05) is 32.1 Å². The largest absolute Gasteiger partial charge is 0.397 e. The number of hydrogen-bond donors (Lipinski definition) is 0. The summed E-state index contributed by atoms with van der Waals surface area (Å²) in [6.45, 7) is -0.401. The van der Waals surface area contributed by atoms with Crippen LogP contribution in [0.3, 0.4) is 0 Å². The van der Waals surface area contributed by atoms with E-state index in [1.54, 1.807) is 43.3 Å². The van der Waals surface area contributed by atoms with E-state index in [1.807, 2.05) is 0 Å². The molecule has 2 aliphatic rings. The molecule has 6 nitrogen and oxygen atoms in total. The molecule has 2 heterocycles. The number of anilines is 1. The number of halogens is 3. The Morgan fingerprint density at radius 1 is 1.34 bits per heavy atom. The summed E-state index contributed by atoms with van der Waals surface area (Å²) in [4.78, 5) is 23.8. The van der Waals surface area contributed by atoms with Gasteiger partial charge >= 0.3 is 6.18 Å². The van der Waals surface area contributed by atoms with Gasteiger partial charge in [-0.25, -0.2) is 4.99 Å². The van der Waals surface area contributed by atoms with Gasteiger partial charge in [0.05, 0.1) is 22.8 Å². The number of piperidine rings is 1. The van der Waals surface area contributed by atoms with E-state index in [9.17, 15) is 23.2 Å². The van der Waals surface area contributed by atoms with Gasteiger partial charge in [-0.3, -0.25) is 9.78 Å². The van der Waals surface area contributed by atoms with Crippen molar-refractivity contribution in [2.45, 2.75) is 12.6 Å². The zero-order chi connectivity index (χ0) is 21.0. The molecule has 1 saturated carbocycles. The van der Waals surface area contributed by atoms with E-state index < -0.39 is 22.9 Å². The summed E-state index contributed by atoms with van der Waals surface area (Å²) in [6, 6.07) is 8.62. The van der Waals surface area contributed by atoms with E-state index in [1.165, 1.54) is 17.4 Å². The van der Waals surface area contributed by atoms with Gasteiger partial charge in [-0.15, -0.1) is 0 Å². The molecule has 1 aromatic carbocycles. The number of carbonyl (C=O) groups is 1. The van der Waals surface area contributed by atoms with Gasteiger partial charge < -0.3 is 9.80 Å². The molecule has 1 amide bonds. The summed E-state index contributed by atoms with van der Waals surface area (Å²) >= 11 is 0. The standard InChI is InChI=1S/C20H18F3N5O/c1-27(2)12-26-17(29)18-9-19(18,20(21,22)23)11-28(10-18)15-6-5-13(8-24)16-14(15)4-3-7-25-16/h3-7,12H,9-11H2,1-2H3/b26-12+/t18-,19-/m0/s1. The average molecular weight is 401 g/mol. The highest BCUT2D eigenvalue weighted by atomic mass is 19.4. The van der Waals surface area contributed by atoms with Gasteiger partial charge in [0.15, 0.2) is 0 Å². The summed E-state index contributed by atoms with van der Waals surface area (Å²) in [5, 5.41) is 9.88. The monoisotopic (exact) mass is 401 g/mol. The lowest BCUT2D eigenvalue weighted by atomic mass is 9.95. The second-order valence-corrected chi connectivity index (χ2v) is 7.85. The van der Waals surface area contributed by atoms with Crippen molar-refractivity contribution in [3.05, 3.63) is 36.0 Å². The van der Waals surface area contributed by atoms with Crippen molar-refractivity contribution in [1.29, 1.82) is 5.26 Å². The number of alkyl halides is 3. The third-order valence-electron chi connectivity index (χ3n) is 5.88. The number of hydrogen-bond acceptors (Lipinski definition) is 4. The lowest BCUT2D eigenvalue weighted by Crippen LogP contribution is -2.34. The van der Waals surface area contributed by atoms with Crippen molar-refractivity contribution in [3.8, 4) is 6.07 Å². The number of rotatable bonds is 3. The fourth-order valence-corrected chi connectivity index (χ4v) is 4.39. The first-order chi connectivity index (χ1) is 13.6. The van der Waals surface area contributed by atoms with Crippen molar-refractivity contribution >= 4 is 28.8 Å². The topological polar surface area (TPSA) is 72.6 Å². The number of nitrogens with zero attached hydrogens (tertiary/aromatic N) is 5. The van der Waals surface area contributed by atoms with Gasteiger partial charge in [-0.1, -0.05) is 0 Å². The Hall–Kier alpha value is -3.15. The highest BCUT2D eigenvalue weighted by Gasteiger charge is 2.86. The Morgan fingerprint density at radius 3 is 2.76 bits per heavy atom. The number of aromatic nitrogens is 1. The minimum atomic E-state index is -4.52. The van der Waals surface area contributed by atoms with Crippen LogP contribution in [0.15, 0.2) is 35.5 Å². The van der Waals surface area contributed by atoms with E-state index >= 15 is 0 Å². The number of nitriles is 1. The third kappa shape index (κ3) is 2.66. The molecule has 2 atom stereocenters. The Kier molecular flexibility index (Phi) is 4.08. The Morgan fingerprint density at radius 2 is 2.10 bits per heavy atom. The Labute approximate surface area is 165 Å². The zero-order valence-corrected chi connectivity index (χ0v) is 15.9. The maximum absolute atomic E-state index is 14.0. The van der Waals surface area contributed by atoms with Gasteiger partial charge in [0.1, 0.15) is 11.5 Å². The number of pyridine rings is 1. The van der Waals surface area contributed by atoms with Crippen LogP contribution in [0.1, 0.15) is 12.0 Å². The van der Waals surface area contributed by atoms with Gasteiger partial charge in [0.25, 0.3) is 5.91 Å². The molecule has 0 spiro atoms. The molecule has 0 unspecified atom stereocenters. The predicted molar refractivity (Wildman–Crippen MR) is 101 cm³/mol. The van der Waals surface area contributed by atoms with Gasteiger partial charge in [0.2, 0.25) is 0 Å². The molecule has 1 aromatic heterocycles. The van der Waals surface area contributed by atoms with E-state index in [0.29, 0.717) is 22.2 Å². The SMILES string of the molecule is CN(C)/C=N/C(=O)[C@]12CN(c3ccc(C#N)c4ncccc34)C[C@@]1(C(F)(F)F)C2. The van der Waals surface area contributed by atoms with Crippen LogP contribution in [0, 0.1) is 22.2 Å². The van der Waals surface area contributed by atoms with Crippen LogP contribution in [-0.2, 0) is 4.79 Å². The van der Waals surface area contributed by atoms with Crippen LogP contribution in [0.5, 0.6) is 0 Å². The molecule has 0 N–H and O–H groups in total. The molecule has 0 bridgehead atoms. The van der Waals surface area contributed by atoms with Crippen LogP contribution in [0.4, 0.5) is 18.9 Å². The lowest BCUT2D eigenvalue weighted by Gasteiger charge is -2.25. The third-order valence-corrected chi connectivity index (χ3v) is 5.88. The number of carbonyl (C=O) groups excluding carboxylic acids is 1. The number of benzene rings is 1. The van der Waals surface area contributed by atoms with Gasteiger partial charge in [-0.2, -0.15) is 18.4 Å². The molecule has 2 aromatic rings. The summed E-state index contributed by atoms with van der Waals surface area (Å²) in [7, 11) is 3.30. The molecule has 9 heteroatoms. The van der Waals surface area contributed by atoms with Crippen LogP contribution in [-0.4, -0.2) is 55.5 Å². The highest BCUT2D eigenvalue weighted by molar-refractivity contribution is 5.98. The molecule has 1 aliphatic heterocycles. The number of aliphatic imine (C=N–C) groups is 1. The fraction of sp³-hybridized carbons (Fsp3) is 0.400. The highest BCUT2D eigenvalue weighted by Crippen LogP contribution is 2.75. The first-order valence-corrected chi connectivity index (χ1v) is 9.00. The minimum Gasteiger partial charge on any atom is -0.369 e. The molecular formula is C20H18F3N5O. The van der Waals surface area contributed by atoms with Crippen molar-refractivity contribution in [1.82, 2.24) is 9.88 Å². The molecule has 4 rings (SSSR count). The molecule has 1 saturated heterocycles. The van der Waals surface area contributed by atoms with Gasteiger partial charge in [-0.05, 0) is 30.7 Å². The summed E-state index contributed by atoms with van der Waals surface area (Å²) in [6.07, 6.45) is -2.01. The Bertz CT molecular complexity index is 1070. The quantitative estimate of drug-likeness (QED) is 0.584. The van der Waals surface area contributed by atoms with Crippen LogP contribution in [0.25, 0.3) is 10.9 Å². The number of fused-ring (bicyclic) bond motifs is 2. The van der Waals surface area contributed by atoms with E-state index in [4.69, 9.17) is 0 Å². The first-order valence-electron chi connectivity index (χ1n) is 9.00. The smallest absolute Gasteiger partial charge is 0.369 e. The summed E-state index contributed by atoms with van der Waals surface area (Å²) in [5.41, 5.74) is -2.38. The number of amides is 1. The molecular weight excluding hydrogens is 383 g/mol. The zero-order valence-electron chi connectivity index (χ0n) is 15.9. The predicted octanol–water partition coefficient (Wildman–Crippen LogP) is 2.98. The second-order valence-electron chi connectivity index (χ2n) is 7.85. The van der Waals surface area contributed by atoms with E-state index in [0.717, 1.165) is 0 Å². The Balaban J connectivity index is 1.77. The second kappa shape index (κ2) is 6.17.